The third-order valence-electron chi connectivity index (χ3n) is 6.68. The zero-order valence-corrected chi connectivity index (χ0v) is 19.0. The van der Waals surface area contributed by atoms with Crippen LogP contribution in [0.4, 0.5) is 11.4 Å². The van der Waals surface area contributed by atoms with Gasteiger partial charge in [0.25, 0.3) is 0 Å². The first kappa shape index (κ1) is 22.1. The number of aryl methyl sites for hydroxylation is 3. The van der Waals surface area contributed by atoms with E-state index < -0.39 is 0 Å². The van der Waals surface area contributed by atoms with Gasteiger partial charge in [0.2, 0.25) is 17.7 Å². The molecule has 1 saturated heterocycles. The molecule has 2 N–H and O–H groups in total. The highest BCUT2D eigenvalue weighted by Crippen LogP contribution is 2.30. The molecule has 4 rings (SSSR count). The molecule has 1 aliphatic carbocycles. The lowest BCUT2D eigenvalue weighted by molar-refractivity contribution is -0.126. The second kappa shape index (κ2) is 9.15. The number of rotatable bonds is 6. The Morgan fingerprint density at radius 2 is 1.72 bits per heavy atom. The first-order valence-corrected chi connectivity index (χ1v) is 11.4. The summed E-state index contributed by atoms with van der Waals surface area (Å²) < 4.78 is 0. The highest BCUT2D eigenvalue weighted by molar-refractivity contribution is 6.01. The minimum Gasteiger partial charge on any atom is -0.352 e. The normalized spacial score (nSPS) is 18.4. The summed E-state index contributed by atoms with van der Waals surface area (Å²) in [6.07, 6.45) is 3.17. The van der Waals surface area contributed by atoms with Gasteiger partial charge in [0.15, 0.2) is 0 Å². The molecular weight excluding hydrogens is 402 g/mol. The van der Waals surface area contributed by atoms with Crippen molar-refractivity contribution in [1.82, 2.24) is 5.32 Å². The van der Waals surface area contributed by atoms with Crippen molar-refractivity contribution in [3.63, 3.8) is 0 Å². The molecule has 0 unspecified atom stereocenters. The number of nitrogens with zero attached hydrogens (tertiary/aromatic N) is 1. The van der Waals surface area contributed by atoms with Gasteiger partial charge in [0.05, 0.1) is 5.92 Å². The predicted octanol–water partition coefficient (Wildman–Crippen LogP) is 4.02. The van der Waals surface area contributed by atoms with Crippen LogP contribution in [0.2, 0.25) is 0 Å². The zero-order valence-electron chi connectivity index (χ0n) is 19.0. The highest BCUT2D eigenvalue weighted by Gasteiger charge is 2.35. The third-order valence-corrected chi connectivity index (χ3v) is 6.68. The number of anilines is 2. The molecule has 6 nitrogen and oxygen atoms in total. The van der Waals surface area contributed by atoms with E-state index in [1.165, 1.54) is 5.56 Å². The number of hydrogen-bond donors (Lipinski definition) is 2. The molecule has 1 heterocycles. The maximum atomic E-state index is 12.8. The topological polar surface area (TPSA) is 78.5 Å². The third kappa shape index (κ3) is 4.69. The van der Waals surface area contributed by atoms with Gasteiger partial charge in [-0.2, -0.15) is 0 Å². The summed E-state index contributed by atoms with van der Waals surface area (Å²) in [6, 6.07) is 11.6. The van der Waals surface area contributed by atoms with Crippen LogP contribution >= 0.6 is 0 Å². The van der Waals surface area contributed by atoms with Crippen molar-refractivity contribution in [3.8, 4) is 0 Å². The Morgan fingerprint density at radius 3 is 2.38 bits per heavy atom. The molecule has 0 aromatic heterocycles. The minimum atomic E-state index is -0.387. The Labute approximate surface area is 189 Å². The summed E-state index contributed by atoms with van der Waals surface area (Å²) in [5.41, 5.74) is 6.05. The summed E-state index contributed by atoms with van der Waals surface area (Å²) in [6.45, 7) is 6.98. The lowest BCUT2D eigenvalue weighted by Gasteiger charge is -2.24. The van der Waals surface area contributed by atoms with E-state index in [4.69, 9.17) is 0 Å². The van der Waals surface area contributed by atoms with Crippen LogP contribution in [0.25, 0.3) is 0 Å². The van der Waals surface area contributed by atoms with E-state index in [2.05, 4.69) is 43.5 Å². The fraction of sp³-hybridized carbons (Fsp3) is 0.423. The van der Waals surface area contributed by atoms with Crippen LogP contribution in [0.15, 0.2) is 36.4 Å². The Bertz CT molecular complexity index is 1040. The molecule has 0 radical (unpaired) electrons. The Kier molecular flexibility index (Phi) is 6.31. The van der Waals surface area contributed by atoms with Gasteiger partial charge < -0.3 is 15.5 Å². The number of hydrogen-bond acceptors (Lipinski definition) is 3. The molecule has 6 heteroatoms. The number of carbonyl (C=O) groups is 3. The van der Waals surface area contributed by atoms with Gasteiger partial charge >= 0.3 is 0 Å². The summed E-state index contributed by atoms with van der Waals surface area (Å²) in [5, 5.41) is 5.98. The average Bonchev–Trinajstić information content (AvgIpc) is 3.07. The smallest absolute Gasteiger partial charge is 0.227 e. The van der Waals surface area contributed by atoms with Gasteiger partial charge in [0, 0.05) is 36.8 Å². The summed E-state index contributed by atoms with van der Waals surface area (Å²) in [5.74, 6) is -0.423. The summed E-state index contributed by atoms with van der Waals surface area (Å²) in [7, 11) is 0. The molecule has 32 heavy (non-hydrogen) atoms. The number of benzene rings is 2. The van der Waals surface area contributed by atoms with Crippen LogP contribution in [0.1, 0.15) is 47.9 Å². The van der Waals surface area contributed by atoms with Crippen molar-refractivity contribution in [2.24, 2.45) is 11.8 Å². The van der Waals surface area contributed by atoms with Crippen molar-refractivity contribution >= 4 is 29.1 Å². The molecule has 1 saturated carbocycles. The standard InChI is InChI=1S/C26H31N3O3/c1-16-10-17(2)23(18(3)11-16)14-27-25(31)20-12-24(30)29(15-20)22-9-5-8-21(13-22)28-26(32)19-6-4-7-19/h5,8-11,13,19-20H,4,6-7,12,14-15H2,1-3H3,(H,27,31)(H,28,32)/t20-/m1/s1. The van der Waals surface area contributed by atoms with Gasteiger partial charge in [-0.1, -0.05) is 30.2 Å². The number of nitrogens with one attached hydrogen (secondary N) is 2. The molecule has 2 aromatic rings. The minimum absolute atomic E-state index is 0.0418. The molecule has 3 amide bonds. The van der Waals surface area contributed by atoms with Crippen LogP contribution in [-0.2, 0) is 20.9 Å². The largest absolute Gasteiger partial charge is 0.352 e. The van der Waals surface area contributed by atoms with E-state index in [1.54, 1.807) is 4.90 Å². The molecular formula is C26H31N3O3. The van der Waals surface area contributed by atoms with Crippen LogP contribution in [0, 0.1) is 32.6 Å². The molecule has 1 atom stereocenters. The SMILES string of the molecule is Cc1cc(C)c(CNC(=O)[C@@H]2CC(=O)N(c3cccc(NC(=O)C4CCC4)c3)C2)c(C)c1. The van der Waals surface area contributed by atoms with Crippen molar-refractivity contribution in [3.05, 3.63) is 58.7 Å². The molecule has 2 fully saturated rings. The molecule has 2 aliphatic rings. The summed E-state index contributed by atoms with van der Waals surface area (Å²) in [4.78, 5) is 39.4. The average molecular weight is 434 g/mol. The Balaban J connectivity index is 1.38. The van der Waals surface area contributed by atoms with E-state index in [9.17, 15) is 14.4 Å². The van der Waals surface area contributed by atoms with Gasteiger partial charge in [-0.05, 0) is 68.5 Å². The van der Waals surface area contributed by atoms with Crippen molar-refractivity contribution in [2.45, 2.75) is 53.0 Å². The number of carbonyl (C=O) groups excluding carboxylic acids is 3. The van der Waals surface area contributed by atoms with Crippen LogP contribution in [-0.4, -0.2) is 24.3 Å². The van der Waals surface area contributed by atoms with E-state index >= 15 is 0 Å². The first-order valence-electron chi connectivity index (χ1n) is 11.4. The first-order chi connectivity index (χ1) is 15.3. The quantitative estimate of drug-likeness (QED) is 0.722. The molecule has 0 spiro atoms. The van der Waals surface area contributed by atoms with Gasteiger partial charge in [0.1, 0.15) is 0 Å². The van der Waals surface area contributed by atoms with Crippen molar-refractivity contribution < 1.29 is 14.4 Å². The molecule has 1 aliphatic heterocycles. The zero-order chi connectivity index (χ0) is 22.8. The lowest BCUT2D eigenvalue weighted by atomic mass is 9.85. The second-order valence-electron chi connectivity index (χ2n) is 9.17. The van der Waals surface area contributed by atoms with E-state index in [0.717, 1.165) is 36.0 Å². The Morgan fingerprint density at radius 1 is 1.00 bits per heavy atom. The monoisotopic (exact) mass is 433 g/mol. The maximum Gasteiger partial charge on any atom is 0.227 e. The predicted molar refractivity (Wildman–Crippen MR) is 125 cm³/mol. The number of amides is 3. The van der Waals surface area contributed by atoms with Gasteiger partial charge in [-0.3, -0.25) is 14.4 Å². The molecule has 2 aromatic carbocycles. The maximum absolute atomic E-state index is 12.8. The molecule has 168 valence electrons. The lowest BCUT2D eigenvalue weighted by Crippen LogP contribution is -2.33. The van der Waals surface area contributed by atoms with Crippen molar-refractivity contribution in [1.29, 1.82) is 0 Å². The van der Waals surface area contributed by atoms with Gasteiger partial charge in [-0.25, -0.2) is 0 Å². The highest BCUT2D eigenvalue weighted by atomic mass is 16.2. The van der Waals surface area contributed by atoms with E-state index in [-0.39, 0.29) is 36.0 Å². The Hall–Kier alpha value is -3.15. The molecule has 0 bridgehead atoms. The van der Waals surface area contributed by atoms with Crippen molar-refractivity contribution in [2.75, 3.05) is 16.8 Å². The fourth-order valence-corrected chi connectivity index (χ4v) is 4.61. The fourth-order valence-electron chi connectivity index (χ4n) is 4.61. The van der Waals surface area contributed by atoms with Gasteiger partial charge in [-0.15, -0.1) is 0 Å². The van der Waals surface area contributed by atoms with Crippen LogP contribution in [0.5, 0.6) is 0 Å². The summed E-state index contributed by atoms with van der Waals surface area (Å²) >= 11 is 0. The van der Waals surface area contributed by atoms with Crippen LogP contribution in [0.3, 0.4) is 0 Å². The van der Waals surface area contributed by atoms with Crippen LogP contribution < -0.4 is 15.5 Å². The second-order valence-corrected chi connectivity index (χ2v) is 9.17. The van der Waals surface area contributed by atoms with E-state index in [1.807, 2.05) is 24.3 Å². The van der Waals surface area contributed by atoms with E-state index in [0.29, 0.717) is 24.5 Å².